The molecule has 148 valence electrons. The van der Waals surface area contributed by atoms with E-state index in [0.717, 1.165) is 21.9 Å². The molecule has 0 saturated heterocycles. The van der Waals surface area contributed by atoms with Crippen molar-refractivity contribution in [1.82, 2.24) is 14.9 Å². The van der Waals surface area contributed by atoms with Gasteiger partial charge >= 0.3 is 11.7 Å². The van der Waals surface area contributed by atoms with Crippen LogP contribution in [0.3, 0.4) is 0 Å². The van der Waals surface area contributed by atoms with Crippen LogP contribution in [0, 0.1) is 0 Å². The first-order valence-electron chi connectivity index (χ1n) is 9.58. The first kappa shape index (κ1) is 17.9. The number of urea groups is 1. The first-order chi connectivity index (χ1) is 14.6. The maximum atomic E-state index is 12.9. The Balaban J connectivity index is 1.74. The second-order valence-corrected chi connectivity index (χ2v) is 7.19. The number of amides is 2. The molecule has 1 atom stereocenters. The summed E-state index contributed by atoms with van der Waals surface area (Å²) in [5.41, 5.74) is 0.885. The third-order valence-electron chi connectivity index (χ3n) is 5.35. The molecule has 0 spiro atoms. The molecular weight excluding hydrogens is 380 g/mol. The van der Waals surface area contributed by atoms with Crippen molar-refractivity contribution < 1.29 is 4.79 Å². The molecule has 0 fully saturated rings. The zero-order chi connectivity index (χ0) is 20.7. The van der Waals surface area contributed by atoms with Crippen LogP contribution < -0.4 is 21.9 Å². The van der Waals surface area contributed by atoms with Crippen LogP contribution in [0.2, 0.25) is 0 Å². The van der Waals surface area contributed by atoms with E-state index in [0.29, 0.717) is 5.56 Å². The number of hydrogen-bond donors (Lipinski definition) is 3. The number of carbonyl (C=O) groups is 1. The predicted molar refractivity (Wildman–Crippen MR) is 115 cm³/mol. The van der Waals surface area contributed by atoms with Crippen molar-refractivity contribution in [3.63, 3.8) is 0 Å². The second kappa shape index (κ2) is 7.04. The highest BCUT2D eigenvalue weighted by Crippen LogP contribution is 2.32. The monoisotopic (exact) mass is 398 g/mol. The Hall–Kier alpha value is -4.13. The number of rotatable bonds is 3. The molecule has 0 saturated carbocycles. The number of hydrogen-bond acceptors (Lipinski definition) is 3. The van der Waals surface area contributed by atoms with Gasteiger partial charge in [0, 0.05) is 0 Å². The Morgan fingerprint density at radius 3 is 2.40 bits per heavy atom. The standard InChI is InChI=1S/C23H18N4O3/c28-21-18-19(17-12-6-10-15-9-4-5-11-16(15)17)24-22(29)25-20(18)27(23(30)26-21)13-14-7-2-1-3-8-14/h1-12,19H,13H2,(H2,24,25,29)(H,26,28,30). The third kappa shape index (κ3) is 2.97. The molecule has 0 bridgehead atoms. The highest BCUT2D eigenvalue weighted by Gasteiger charge is 2.32. The molecule has 2 heterocycles. The van der Waals surface area contributed by atoms with Crippen molar-refractivity contribution >= 4 is 22.6 Å². The van der Waals surface area contributed by atoms with Gasteiger partial charge in [-0.1, -0.05) is 72.8 Å². The molecule has 3 aromatic carbocycles. The highest BCUT2D eigenvalue weighted by molar-refractivity contribution is 5.94. The van der Waals surface area contributed by atoms with Crippen LogP contribution in [0.1, 0.15) is 22.7 Å². The minimum atomic E-state index is -0.689. The summed E-state index contributed by atoms with van der Waals surface area (Å²) in [6.45, 7) is 0.224. The Morgan fingerprint density at radius 2 is 1.57 bits per heavy atom. The molecule has 0 aliphatic carbocycles. The van der Waals surface area contributed by atoms with Crippen LogP contribution in [-0.4, -0.2) is 15.6 Å². The lowest BCUT2D eigenvalue weighted by atomic mass is 9.93. The largest absolute Gasteiger partial charge is 0.330 e. The fraction of sp³-hybridized carbons (Fsp3) is 0.0870. The molecule has 1 aliphatic rings. The number of nitrogens with one attached hydrogen (secondary N) is 3. The highest BCUT2D eigenvalue weighted by atomic mass is 16.2. The van der Waals surface area contributed by atoms with Crippen molar-refractivity contribution in [2.75, 3.05) is 5.32 Å². The van der Waals surface area contributed by atoms with E-state index in [2.05, 4.69) is 15.6 Å². The van der Waals surface area contributed by atoms with Crippen LogP contribution in [0.5, 0.6) is 0 Å². The van der Waals surface area contributed by atoms with Gasteiger partial charge in [0.25, 0.3) is 5.56 Å². The van der Waals surface area contributed by atoms with E-state index in [-0.39, 0.29) is 12.4 Å². The van der Waals surface area contributed by atoms with Gasteiger partial charge in [-0.3, -0.25) is 19.7 Å². The van der Waals surface area contributed by atoms with E-state index >= 15 is 0 Å². The summed E-state index contributed by atoms with van der Waals surface area (Å²) < 4.78 is 1.39. The lowest BCUT2D eigenvalue weighted by molar-refractivity contribution is 0.248. The molecule has 4 aromatic rings. The molecule has 30 heavy (non-hydrogen) atoms. The van der Waals surface area contributed by atoms with E-state index < -0.39 is 23.3 Å². The molecule has 1 aliphatic heterocycles. The molecule has 0 radical (unpaired) electrons. The third-order valence-corrected chi connectivity index (χ3v) is 5.35. The maximum Gasteiger partial charge on any atom is 0.330 e. The summed E-state index contributed by atoms with van der Waals surface area (Å²) in [6, 6.07) is 21.8. The summed E-state index contributed by atoms with van der Waals surface area (Å²) in [5, 5.41) is 7.45. The van der Waals surface area contributed by atoms with Crippen molar-refractivity contribution in [3.05, 3.63) is 110 Å². The van der Waals surface area contributed by atoms with Crippen molar-refractivity contribution in [1.29, 1.82) is 0 Å². The molecule has 1 aromatic heterocycles. The van der Waals surface area contributed by atoms with Gasteiger partial charge in [0.1, 0.15) is 5.82 Å². The van der Waals surface area contributed by atoms with E-state index in [9.17, 15) is 14.4 Å². The number of anilines is 1. The van der Waals surface area contributed by atoms with Gasteiger partial charge in [-0.2, -0.15) is 0 Å². The summed E-state index contributed by atoms with van der Waals surface area (Å²) >= 11 is 0. The Bertz CT molecular complexity index is 1380. The van der Waals surface area contributed by atoms with Crippen LogP contribution in [0.25, 0.3) is 10.8 Å². The lowest BCUT2D eigenvalue weighted by Gasteiger charge is -2.29. The molecule has 7 nitrogen and oxygen atoms in total. The average Bonchev–Trinajstić information content (AvgIpc) is 2.76. The van der Waals surface area contributed by atoms with Crippen LogP contribution in [-0.2, 0) is 6.54 Å². The van der Waals surface area contributed by atoms with Gasteiger partial charge in [0.2, 0.25) is 0 Å². The summed E-state index contributed by atoms with van der Waals surface area (Å²) in [5.74, 6) is 0.217. The summed E-state index contributed by atoms with van der Waals surface area (Å²) in [6.07, 6.45) is 0. The van der Waals surface area contributed by atoms with E-state index in [1.807, 2.05) is 72.8 Å². The van der Waals surface area contributed by atoms with Gasteiger partial charge in [-0.25, -0.2) is 9.59 Å². The number of carbonyl (C=O) groups excluding carboxylic acids is 1. The average molecular weight is 398 g/mol. The molecule has 3 N–H and O–H groups in total. The predicted octanol–water partition coefficient (Wildman–Crippen LogP) is 2.96. The number of nitrogens with zero attached hydrogens (tertiary/aromatic N) is 1. The second-order valence-electron chi connectivity index (χ2n) is 7.19. The van der Waals surface area contributed by atoms with Gasteiger partial charge < -0.3 is 5.32 Å². The molecule has 7 heteroatoms. The minimum absolute atomic E-state index is 0.217. The topological polar surface area (TPSA) is 96.0 Å². The van der Waals surface area contributed by atoms with E-state index in [1.54, 1.807) is 0 Å². The zero-order valence-corrected chi connectivity index (χ0v) is 15.9. The summed E-state index contributed by atoms with van der Waals surface area (Å²) in [4.78, 5) is 40.4. The van der Waals surface area contributed by atoms with Crippen molar-refractivity contribution in [3.8, 4) is 0 Å². The number of H-pyrrole nitrogens is 1. The number of fused-ring (bicyclic) bond motifs is 2. The van der Waals surface area contributed by atoms with E-state index in [4.69, 9.17) is 0 Å². The molecule has 1 unspecified atom stereocenters. The first-order valence-corrected chi connectivity index (χ1v) is 9.58. The fourth-order valence-electron chi connectivity index (χ4n) is 3.99. The lowest BCUT2D eigenvalue weighted by Crippen LogP contribution is -2.46. The van der Waals surface area contributed by atoms with Gasteiger partial charge in [0.05, 0.1) is 18.2 Å². The maximum absolute atomic E-state index is 12.9. The number of aromatic nitrogens is 2. The Kier molecular flexibility index (Phi) is 4.21. The zero-order valence-electron chi connectivity index (χ0n) is 15.9. The number of aromatic amines is 1. The van der Waals surface area contributed by atoms with Crippen LogP contribution in [0.15, 0.2) is 82.4 Å². The SMILES string of the molecule is O=C1Nc2c(c(=O)[nH]c(=O)n2Cc2ccccc2)C(c2cccc3ccccc23)N1. The number of benzene rings is 3. The van der Waals surface area contributed by atoms with Gasteiger partial charge in [0.15, 0.2) is 0 Å². The molecular formula is C23H18N4O3. The van der Waals surface area contributed by atoms with Crippen LogP contribution >= 0.6 is 0 Å². The molecule has 5 rings (SSSR count). The smallest absolute Gasteiger partial charge is 0.327 e. The Morgan fingerprint density at radius 1 is 0.833 bits per heavy atom. The fourth-order valence-corrected chi connectivity index (χ4v) is 3.99. The quantitative estimate of drug-likeness (QED) is 0.495. The van der Waals surface area contributed by atoms with Gasteiger partial charge in [-0.05, 0) is 21.9 Å². The van der Waals surface area contributed by atoms with Crippen molar-refractivity contribution in [2.45, 2.75) is 12.6 Å². The minimum Gasteiger partial charge on any atom is -0.327 e. The van der Waals surface area contributed by atoms with Gasteiger partial charge in [-0.15, -0.1) is 0 Å². The normalized spacial score (nSPS) is 15.3. The summed E-state index contributed by atoms with van der Waals surface area (Å²) in [7, 11) is 0. The Labute approximate surface area is 171 Å². The van der Waals surface area contributed by atoms with E-state index in [1.165, 1.54) is 4.57 Å². The van der Waals surface area contributed by atoms with Crippen LogP contribution in [0.4, 0.5) is 10.6 Å². The van der Waals surface area contributed by atoms with Crippen molar-refractivity contribution in [2.24, 2.45) is 0 Å². The molecule has 2 amide bonds.